The van der Waals surface area contributed by atoms with Gasteiger partial charge in [-0.25, -0.2) is 0 Å². The van der Waals surface area contributed by atoms with Crippen LogP contribution in [0.15, 0.2) is 30.3 Å². The van der Waals surface area contributed by atoms with Gasteiger partial charge in [0, 0.05) is 12.7 Å². The van der Waals surface area contributed by atoms with Crippen LogP contribution in [0.5, 0.6) is 0 Å². The Morgan fingerprint density at radius 1 is 1.25 bits per heavy atom. The van der Waals surface area contributed by atoms with Crippen LogP contribution in [-0.2, 0) is 9.59 Å². The van der Waals surface area contributed by atoms with E-state index >= 15 is 0 Å². The third kappa shape index (κ3) is 3.94. The van der Waals surface area contributed by atoms with E-state index in [4.69, 9.17) is 5.11 Å². The highest BCUT2D eigenvalue weighted by Crippen LogP contribution is 2.12. The zero-order chi connectivity index (χ0) is 12.0. The molecule has 1 N–H and O–H groups in total. The summed E-state index contributed by atoms with van der Waals surface area (Å²) in [5, 5.41) is 8.44. The zero-order valence-corrected chi connectivity index (χ0v) is 9.74. The lowest BCUT2D eigenvalue weighted by Crippen LogP contribution is -2.28. The molecule has 86 valence electrons. The molecule has 0 fully saturated rings. The molecule has 1 amide bonds. The number of thioether (sulfide) groups is 1. The summed E-state index contributed by atoms with van der Waals surface area (Å²) in [6.45, 7) is 0. The van der Waals surface area contributed by atoms with Gasteiger partial charge in [0.15, 0.2) is 0 Å². The number of para-hydroxylation sites is 1. The van der Waals surface area contributed by atoms with Gasteiger partial charge in [-0.2, -0.15) is 0 Å². The number of amides is 1. The number of carbonyl (C=O) groups is 2. The van der Waals surface area contributed by atoms with Crippen molar-refractivity contribution >= 4 is 29.3 Å². The van der Waals surface area contributed by atoms with E-state index in [0.717, 1.165) is 17.4 Å². The Kier molecular flexibility index (Phi) is 4.85. The first-order chi connectivity index (χ1) is 7.61. The number of hydrogen-bond donors (Lipinski definition) is 1. The molecular weight excluding hydrogens is 226 g/mol. The van der Waals surface area contributed by atoms with Crippen LogP contribution < -0.4 is 4.90 Å². The second kappa shape index (κ2) is 6.17. The van der Waals surface area contributed by atoms with Gasteiger partial charge < -0.3 is 10.0 Å². The third-order valence-electron chi connectivity index (χ3n) is 1.97. The quantitative estimate of drug-likeness (QED) is 0.845. The standard InChI is InChI=1S/C11H13NO3S/c1-12(9-5-3-2-4-6-9)10(13)7-16-8-11(14)15/h2-6H,7-8H2,1H3,(H,14,15). The molecule has 0 radical (unpaired) electrons. The summed E-state index contributed by atoms with van der Waals surface area (Å²) in [5.74, 6) is -0.871. The fourth-order valence-corrected chi connectivity index (χ4v) is 1.76. The molecule has 0 spiro atoms. The molecule has 1 aromatic rings. The van der Waals surface area contributed by atoms with Gasteiger partial charge in [-0.15, -0.1) is 11.8 Å². The first-order valence-electron chi connectivity index (χ1n) is 4.72. The normalized spacial score (nSPS) is 9.81. The Hall–Kier alpha value is -1.49. The summed E-state index contributed by atoms with van der Waals surface area (Å²) in [5.41, 5.74) is 0.809. The Labute approximate surface area is 98.3 Å². The average molecular weight is 239 g/mol. The number of nitrogens with zero attached hydrogens (tertiary/aromatic N) is 1. The Morgan fingerprint density at radius 2 is 1.88 bits per heavy atom. The molecule has 0 aliphatic carbocycles. The van der Waals surface area contributed by atoms with Crippen molar-refractivity contribution in [2.45, 2.75) is 0 Å². The molecule has 0 aromatic heterocycles. The van der Waals surface area contributed by atoms with Gasteiger partial charge in [0.1, 0.15) is 0 Å². The summed E-state index contributed by atoms with van der Waals surface area (Å²) in [7, 11) is 1.68. The molecule has 0 atom stereocenters. The predicted octanol–water partition coefficient (Wildman–Crippen LogP) is 1.47. The molecule has 1 rings (SSSR count). The van der Waals surface area contributed by atoms with Crippen molar-refractivity contribution in [1.29, 1.82) is 0 Å². The number of aliphatic carboxylic acids is 1. The fraction of sp³-hybridized carbons (Fsp3) is 0.273. The van der Waals surface area contributed by atoms with Crippen molar-refractivity contribution < 1.29 is 14.7 Å². The molecule has 0 saturated heterocycles. The molecular formula is C11H13NO3S. The van der Waals surface area contributed by atoms with Crippen LogP contribution in [0.3, 0.4) is 0 Å². The smallest absolute Gasteiger partial charge is 0.313 e. The summed E-state index contributed by atoms with van der Waals surface area (Å²) >= 11 is 1.10. The van der Waals surface area contributed by atoms with E-state index in [0.29, 0.717) is 0 Å². The topological polar surface area (TPSA) is 57.6 Å². The van der Waals surface area contributed by atoms with Crippen molar-refractivity contribution in [2.24, 2.45) is 0 Å². The molecule has 0 aliphatic heterocycles. The Morgan fingerprint density at radius 3 is 2.44 bits per heavy atom. The number of carboxylic acid groups (broad SMARTS) is 1. The maximum absolute atomic E-state index is 11.6. The van der Waals surface area contributed by atoms with Gasteiger partial charge in [-0.3, -0.25) is 9.59 Å². The largest absolute Gasteiger partial charge is 0.481 e. The molecule has 4 nitrogen and oxygen atoms in total. The van der Waals surface area contributed by atoms with E-state index in [1.165, 1.54) is 4.90 Å². The minimum atomic E-state index is -0.903. The van der Waals surface area contributed by atoms with E-state index in [2.05, 4.69) is 0 Å². The lowest BCUT2D eigenvalue weighted by atomic mass is 10.3. The highest BCUT2D eigenvalue weighted by atomic mass is 32.2. The van der Waals surface area contributed by atoms with Gasteiger partial charge in [0.25, 0.3) is 0 Å². The van der Waals surface area contributed by atoms with Gasteiger partial charge in [0.2, 0.25) is 5.91 Å². The average Bonchev–Trinajstić information content (AvgIpc) is 2.28. The molecule has 0 saturated carbocycles. The lowest BCUT2D eigenvalue weighted by Gasteiger charge is -2.16. The van der Waals surface area contributed by atoms with Gasteiger partial charge in [-0.05, 0) is 12.1 Å². The highest BCUT2D eigenvalue weighted by Gasteiger charge is 2.10. The third-order valence-corrected chi connectivity index (χ3v) is 2.87. The molecule has 16 heavy (non-hydrogen) atoms. The number of carbonyl (C=O) groups excluding carboxylic acids is 1. The SMILES string of the molecule is CN(C(=O)CSCC(=O)O)c1ccccc1. The lowest BCUT2D eigenvalue weighted by molar-refractivity contribution is -0.133. The van der Waals surface area contributed by atoms with Crippen molar-refractivity contribution in [3.05, 3.63) is 30.3 Å². The van der Waals surface area contributed by atoms with Crippen LogP contribution in [-0.4, -0.2) is 35.5 Å². The summed E-state index contributed by atoms with van der Waals surface area (Å²) in [4.78, 5) is 23.4. The minimum Gasteiger partial charge on any atom is -0.481 e. The fourth-order valence-electron chi connectivity index (χ4n) is 1.12. The number of benzene rings is 1. The Balaban J connectivity index is 2.45. The zero-order valence-electron chi connectivity index (χ0n) is 8.92. The maximum Gasteiger partial charge on any atom is 0.313 e. The van der Waals surface area contributed by atoms with Crippen LogP contribution in [0.4, 0.5) is 5.69 Å². The van der Waals surface area contributed by atoms with Crippen LogP contribution in [0.1, 0.15) is 0 Å². The number of carboxylic acids is 1. The van der Waals surface area contributed by atoms with Crippen molar-refractivity contribution in [3.63, 3.8) is 0 Å². The summed E-state index contributed by atoms with van der Waals surface area (Å²) in [6.07, 6.45) is 0. The van der Waals surface area contributed by atoms with Crippen molar-refractivity contribution in [3.8, 4) is 0 Å². The van der Waals surface area contributed by atoms with Crippen LogP contribution in [0.2, 0.25) is 0 Å². The Bertz CT molecular complexity index is 367. The molecule has 5 heteroatoms. The van der Waals surface area contributed by atoms with Gasteiger partial charge in [-0.1, -0.05) is 18.2 Å². The van der Waals surface area contributed by atoms with E-state index < -0.39 is 5.97 Å². The summed E-state index contributed by atoms with van der Waals surface area (Å²) in [6, 6.07) is 9.24. The number of anilines is 1. The van der Waals surface area contributed by atoms with Crippen LogP contribution in [0, 0.1) is 0 Å². The van der Waals surface area contributed by atoms with Crippen molar-refractivity contribution in [2.75, 3.05) is 23.5 Å². The van der Waals surface area contributed by atoms with Crippen LogP contribution >= 0.6 is 11.8 Å². The predicted molar refractivity (Wildman–Crippen MR) is 64.8 cm³/mol. The number of hydrogen-bond acceptors (Lipinski definition) is 3. The molecule has 0 heterocycles. The molecule has 0 bridgehead atoms. The molecule has 0 aliphatic rings. The van der Waals surface area contributed by atoms with E-state index in [1.54, 1.807) is 7.05 Å². The molecule has 1 aromatic carbocycles. The number of rotatable bonds is 5. The minimum absolute atomic E-state index is 0.0473. The first kappa shape index (κ1) is 12.6. The summed E-state index contributed by atoms with van der Waals surface area (Å²) < 4.78 is 0. The van der Waals surface area contributed by atoms with E-state index in [1.807, 2.05) is 30.3 Å². The first-order valence-corrected chi connectivity index (χ1v) is 5.88. The van der Waals surface area contributed by atoms with Crippen molar-refractivity contribution in [1.82, 2.24) is 0 Å². The van der Waals surface area contributed by atoms with E-state index in [-0.39, 0.29) is 17.4 Å². The van der Waals surface area contributed by atoms with Crippen LogP contribution in [0.25, 0.3) is 0 Å². The van der Waals surface area contributed by atoms with E-state index in [9.17, 15) is 9.59 Å². The van der Waals surface area contributed by atoms with Gasteiger partial charge >= 0.3 is 5.97 Å². The highest BCUT2D eigenvalue weighted by molar-refractivity contribution is 8.00. The van der Waals surface area contributed by atoms with Gasteiger partial charge in [0.05, 0.1) is 11.5 Å². The second-order valence-electron chi connectivity index (χ2n) is 3.17. The second-order valence-corrected chi connectivity index (χ2v) is 4.16. The molecule has 0 unspecified atom stereocenters. The monoisotopic (exact) mass is 239 g/mol. The maximum atomic E-state index is 11.6.